The summed E-state index contributed by atoms with van der Waals surface area (Å²) in [6, 6.07) is 34.4. The van der Waals surface area contributed by atoms with Crippen LogP contribution in [0.15, 0.2) is 97.1 Å². The molecule has 0 amide bonds. The first kappa shape index (κ1) is 29.6. The van der Waals surface area contributed by atoms with Crippen molar-refractivity contribution in [3.8, 4) is 22.3 Å². The van der Waals surface area contributed by atoms with Crippen LogP contribution in [0.3, 0.4) is 0 Å². The van der Waals surface area contributed by atoms with Crippen LogP contribution in [-0.2, 0) is 25.8 Å². The summed E-state index contributed by atoms with van der Waals surface area (Å²) < 4.78 is 0. The summed E-state index contributed by atoms with van der Waals surface area (Å²) >= 11 is 0. The Hall–Kier alpha value is -1.41. The Bertz CT molecular complexity index is 885. The molecule has 0 N–H and O–H groups in total. The normalized spacial score (nSPS) is 9.74. The van der Waals surface area contributed by atoms with E-state index in [0.29, 0.717) is 11.8 Å². The third-order valence-corrected chi connectivity index (χ3v) is 5.10. The molecule has 31 heavy (non-hydrogen) atoms. The van der Waals surface area contributed by atoms with Gasteiger partial charge in [0.1, 0.15) is 0 Å². The van der Waals surface area contributed by atoms with E-state index >= 15 is 0 Å². The summed E-state index contributed by atoms with van der Waals surface area (Å²) in [6.07, 6.45) is 0. The van der Waals surface area contributed by atoms with Crippen molar-refractivity contribution in [2.45, 2.75) is 39.5 Å². The van der Waals surface area contributed by atoms with Gasteiger partial charge in [0.25, 0.3) is 0 Å². The second kappa shape index (κ2) is 14.6. The first-order valence-corrected chi connectivity index (χ1v) is 10.2. The first-order chi connectivity index (χ1) is 13.5. The zero-order chi connectivity index (χ0) is 19.9. The molecule has 0 saturated carbocycles. The molecule has 0 heterocycles. The van der Waals surface area contributed by atoms with Crippen LogP contribution < -0.4 is 24.8 Å². The molecule has 0 bridgehead atoms. The van der Waals surface area contributed by atoms with Crippen molar-refractivity contribution in [1.82, 2.24) is 0 Å². The van der Waals surface area contributed by atoms with E-state index in [1.165, 1.54) is 33.4 Å². The van der Waals surface area contributed by atoms with Crippen molar-refractivity contribution in [1.29, 1.82) is 0 Å². The molecule has 0 nitrogen and oxygen atoms in total. The Morgan fingerprint density at radius 3 is 1.10 bits per heavy atom. The van der Waals surface area contributed by atoms with Gasteiger partial charge in [-0.2, -0.15) is 46.5 Å². The molecule has 0 aliphatic heterocycles. The van der Waals surface area contributed by atoms with E-state index in [1.54, 1.807) is 0 Å². The Labute approximate surface area is 219 Å². The molecule has 0 spiro atoms. The number of benzene rings is 2. The molecular weight excluding hydrogens is 586 g/mol. The van der Waals surface area contributed by atoms with E-state index in [4.69, 9.17) is 0 Å². The van der Waals surface area contributed by atoms with Gasteiger partial charge in [-0.3, -0.25) is 0 Å². The van der Waals surface area contributed by atoms with Gasteiger partial charge < -0.3 is 24.8 Å². The van der Waals surface area contributed by atoms with E-state index in [9.17, 15) is 0 Å². The smallest absolute Gasteiger partial charge is 1.00 e. The van der Waals surface area contributed by atoms with Crippen molar-refractivity contribution in [2.75, 3.05) is 0 Å². The molecule has 0 fully saturated rings. The average Bonchev–Trinajstić information content (AvgIpc) is 3.40. The number of hydrogen-bond acceptors (Lipinski definition) is 0. The van der Waals surface area contributed by atoms with Gasteiger partial charge in [-0.1, -0.05) is 99.5 Å². The van der Waals surface area contributed by atoms with Crippen LogP contribution in [-0.4, -0.2) is 0 Å². The molecular formula is C28H30Cl2Hf. The first-order valence-electron chi connectivity index (χ1n) is 10.2. The third-order valence-electron chi connectivity index (χ3n) is 5.10. The molecule has 4 aromatic rings. The Balaban J connectivity index is 0.000000529. The van der Waals surface area contributed by atoms with Crippen molar-refractivity contribution in [3.63, 3.8) is 0 Å². The van der Waals surface area contributed by atoms with Crippen molar-refractivity contribution in [2.24, 2.45) is 0 Å². The average molecular weight is 616 g/mol. The second-order valence-electron chi connectivity index (χ2n) is 7.91. The Morgan fingerprint density at radius 1 is 0.516 bits per heavy atom. The van der Waals surface area contributed by atoms with Gasteiger partial charge in [0.2, 0.25) is 0 Å². The van der Waals surface area contributed by atoms with Crippen molar-refractivity contribution in [3.05, 3.63) is 108 Å². The van der Waals surface area contributed by atoms with Gasteiger partial charge in [-0.05, 0) is 11.8 Å². The maximum atomic E-state index is 2.28. The number of rotatable bonds is 4. The van der Waals surface area contributed by atoms with Gasteiger partial charge in [-0.25, -0.2) is 12.1 Å². The molecule has 0 atom stereocenters. The minimum Gasteiger partial charge on any atom is -1.00 e. The van der Waals surface area contributed by atoms with Gasteiger partial charge in [0.15, 0.2) is 0 Å². The zero-order valence-electron chi connectivity index (χ0n) is 18.6. The van der Waals surface area contributed by atoms with E-state index in [2.05, 4.69) is 125 Å². The molecule has 0 unspecified atom stereocenters. The topological polar surface area (TPSA) is 0 Å². The molecule has 0 saturated heterocycles. The summed E-state index contributed by atoms with van der Waals surface area (Å²) in [7, 11) is 0. The molecule has 0 aliphatic rings. The fourth-order valence-electron chi connectivity index (χ4n) is 3.26. The van der Waals surface area contributed by atoms with Crippen LogP contribution in [0.1, 0.15) is 50.7 Å². The summed E-state index contributed by atoms with van der Waals surface area (Å²) in [6.45, 7) is 8.91. The van der Waals surface area contributed by atoms with Gasteiger partial charge in [0, 0.05) is 0 Å². The van der Waals surface area contributed by atoms with Gasteiger partial charge >= 0.3 is 25.8 Å². The standard InChI is InChI=1S/2C14H15.2ClH.Hf/c2*1-11(2)13-8-9-14(10-13)12-6-4-3-5-7-12;;;/h2*3-11H,1-2H3;2*1H;/q2*-1;;;+4/p-2. The van der Waals surface area contributed by atoms with Crippen LogP contribution in [0.25, 0.3) is 22.3 Å². The van der Waals surface area contributed by atoms with Crippen LogP contribution in [0.4, 0.5) is 0 Å². The molecule has 160 valence electrons. The minimum atomic E-state index is 0. The molecule has 4 rings (SSSR count). The van der Waals surface area contributed by atoms with Crippen LogP contribution >= 0.6 is 0 Å². The molecule has 4 aromatic carbocycles. The van der Waals surface area contributed by atoms with Crippen molar-refractivity contribution < 1.29 is 50.7 Å². The van der Waals surface area contributed by atoms with E-state index in [1.807, 2.05) is 0 Å². The Morgan fingerprint density at radius 2 is 0.839 bits per heavy atom. The van der Waals surface area contributed by atoms with E-state index < -0.39 is 0 Å². The number of hydrogen-bond donors (Lipinski definition) is 0. The summed E-state index contributed by atoms with van der Waals surface area (Å²) in [5, 5.41) is 0. The molecule has 0 radical (unpaired) electrons. The summed E-state index contributed by atoms with van der Waals surface area (Å²) in [5.74, 6) is 1.24. The van der Waals surface area contributed by atoms with E-state index in [0.717, 1.165) is 0 Å². The maximum Gasteiger partial charge on any atom is 4.00 e. The predicted octanol–water partition coefficient (Wildman–Crippen LogP) is 2.40. The fourth-order valence-corrected chi connectivity index (χ4v) is 3.26. The van der Waals surface area contributed by atoms with Crippen LogP contribution in [0.5, 0.6) is 0 Å². The summed E-state index contributed by atoms with van der Waals surface area (Å²) in [5.41, 5.74) is 8.11. The molecule has 0 aliphatic carbocycles. The predicted molar refractivity (Wildman–Crippen MR) is 123 cm³/mol. The van der Waals surface area contributed by atoms with Crippen LogP contribution in [0, 0.1) is 0 Å². The van der Waals surface area contributed by atoms with Gasteiger partial charge in [0.05, 0.1) is 0 Å². The quantitative estimate of drug-likeness (QED) is 0.245. The molecule has 0 aromatic heterocycles. The van der Waals surface area contributed by atoms with Crippen molar-refractivity contribution >= 4 is 0 Å². The van der Waals surface area contributed by atoms with E-state index in [-0.39, 0.29) is 50.7 Å². The molecule has 3 heteroatoms. The fraction of sp³-hybridized carbons (Fsp3) is 0.214. The SMILES string of the molecule is CC(C)c1cc(-c2ccccc2)c[cH-]1.CC(C)c1cc(-c2ccccc2)c[cH-]1.[Cl-].[Cl-].[Hf+4]. The number of halogens is 2. The second-order valence-corrected chi connectivity index (χ2v) is 7.91. The Kier molecular flexibility index (Phi) is 13.9. The third kappa shape index (κ3) is 8.56. The minimum absolute atomic E-state index is 0. The maximum absolute atomic E-state index is 2.28. The monoisotopic (exact) mass is 616 g/mol. The summed E-state index contributed by atoms with van der Waals surface area (Å²) in [4.78, 5) is 0. The largest absolute Gasteiger partial charge is 4.00 e. The zero-order valence-corrected chi connectivity index (χ0v) is 23.8. The van der Waals surface area contributed by atoms with Crippen LogP contribution in [0.2, 0.25) is 0 Å². The van der Waals surface area contributed by atoms with Gasteiger partial charge in [-0.15, -0.1) is 0 Å².